The molecule has 2 atom stereocenters. The van der Waals surface area contributed by atoms with Crippen molar-refractivity contribution in [3.05, 3.63) is 24.3 Å². The Balaban J connectivity index is 1.99. The van der Waals surface area contributed by atoms with Gasteiger partial charge >= 0.3 is 0 Å². The van der Waals surface area contributed by atoms with Crippen LogP contribution in [0.2, 0.25) is 0 Å². The summed E-state index contributed by atoms with van der Waals surface area (Å²) in [6, 6.07) is 8.70. The average molecular weight is 262 g/mol. The fourth-order valence-electron chi connectivity index (χ4n) is 2.84. The number of para-hydroxylation sites is 2. The van der Waals surface area contributed by atoms with Crippen LogP contribution in [0, 0.1) is 5.92 Å². The summed E-state index contributed by atoms with van der Waals surface area (Å²) in [5.41, 5.74) is 1.12. The minimum absolute atomic E-state index is 0.476. The molecule has 1 aromatic carbocycles. The summed E-state index contributed by atoms with van der Waals surface area (Å²) < 4.78 is 5.67. The van der Waals surface area contributed by atoms with E-state index in [-0.39, 0.29) is 0 Å². The van der Waals surface area contributed by atoms with E-state index in [1.165, 1.54) is 25.9 Å². The SMILES string of the molecule is CCOc1ccccc1NC(C)C1CCCN(C)C1. The lowest BCUT2D eigenvalue weighted by Gasteiger charge is -2.34. The Hall–Kier alpha value is -1.22. The van der Waals surface area contributed by atoms with Crippen molar-refractivity contribution in [2.75, 3.05) is 32.1 Å². The molecule has 1 aliphatic rings. The minimum atomic E-state index is 0.476. The summed E-state index contributed by atoms with van der Waals surface area (Å²) in [6.07, 6.45) is 2.62. The van der Waals surface area contributed by atoms with Crippen LogP contribution < -0.4 is 10.1 Å². The van der Waals surface area contributed by atoms with E-state index in [0.717, 1.165) is 11.4 Å². The minimum Gasteiger partial charge on any atom is -0.492 e. The molecule has 1 fully saturated rings. The summed E-state index contributed by atoms with van der Waals surface area (Å²) in [5, 5.41) is 3.63. The maximum Gasteiger partial charge on any atom is 0.142 e. The van der Waals surface area contributed by atoms with Crippen LogP contribution in [0.4, 0.5) is 5.69 Å². The molecule has 19 heavy (non-hydrogen) atoms. The maximum absolute atomic E-state index is 5.67. The van der Waals surface area contributed by atoms with Crippen molar-refractivity contribution in [3.63, 3.8) is 0 Å². The molecule has 0 bridgehead atoms. The normalized spacial score (nSPS) is 21.9. The highest BCUT2D eigenvalue weighted by atomic mass is 16.5. The number of hydrogen-bond acceptors (Lipinski definition) is 3. The lowest BCUT2D eigenvalue weighted by atomic mass is 9.91. The quantitative estimate of drug-likeness (QED) is 0.881. The van der Waals surface area contributed by atoms with Gasteiger partial charge < -0.3 is 15.0 Å². The van der Waals surface area contributed by atoms with Gasteiger partial charge in [0.15, 0.2) is 0 Å². The van der Waals surface area contributed by atoms with Crippen LogP contribution in [0.1, 0.15) is 26.7 Å². The smallest absolute Gasteiger partial charge is 0.142 e. The highest BCUT2D eigenvalue weighted by Gasteiger charge is 2.23. The molecule has 1 aromatic rings. The van der Waals surface area contributed by atoms with Crippen molar-refractivity contribution in [1.82, 2.24) is 4.90 Å². The summed E-state index contributed by atoms with van der Waals surface area (Å²) >= 11 is 0. The molecule has 2 rings (SSSR count). The van der Waals surface area contributed by atoms with Gasteiger partial charge in [0, 0.05) is 12.6 Å². The summed E-state index contributed by atoms with van der Waals surface area (Å²) in [7, 11) is 2.22. The zero-order valence-corrected chi connectivity index (χ0v) is 12.4. The Bertz CT molecular complexity index is 394. The summed E-state index contributed by atoms with van der Waals surface area (Å²) in [6.45, 7) is 7.44. The van der Waals surface area contributed by atoms with Gasteiger partial charge in [-0.2, -0.15) is 0 Å². The number of anilines is 1. The standard InChI is InChI=1S/C16H26N2O/c1-4-19-16-10-6-5-9-15(16)17-13(2)14-8-7-11-18(3)12-14/h5-6,9-10,13-14,17H,4,7-8,11-12H2,1-3H3. The van der Waals surface area contributed by atoms with Crippen LogP contribution in [0.3, 0.4) is 0 Å². The van der Waals surface area contributed by atoms with Crippen LogP contribution in [0.25, 0.3) is 0 Å². The van der Waals surface area contributed by atoms with Crippen molar-refractivity contribution in [2.24, 2.45) is 5.92 Å². The Morgan fingerprint density at radius 3 is 2.95 bits per heavy atom. The number of rotatable bonds is 5. The summed E-state index contributed by atoms with van der Waals surface area (Å²) in [4.78, 5) is 2.43. The first-order valence-electron chi connectivity index (χ1n) is 7.37. The van der Waals surface area contributed by atoms with Gasteiger partial charge in [0.25, 0.3) is 0 Å². The van der Waals surface area contributed by atoms with E-state index < -0.39 is 0 Å². The largest absolute Gasteiger partial charge is 0.492 e. The molecular weight excluding hydrogens is 236 g/mol. The van der Waals surface area contributed by atoms with E-state index in [0.29, 0.717) is 18.6 Å². The molecule has 0 aromatic heterocycles. The molecule has 0 aliphatic carbocycles. The molecule has 1 heterocycles. The van der Waals surface area contributed by atoms with Crippen molar-refractivity contribution < 1.29 is 4.74 Å². The van der Waals surface area contributed by atoms with Crippen LogP contribution in [0.15, 0.2) is 24.3 Å². The number of benzene rings is 1. The molecule has 0 amide bonds. The topological polar surface area (TPSA) is 24.5 Å². The Morgan fingerprint density at radius 2 is 2.21 bits per heavy atom. The number of nitrogens with one attached hydrogen (secondary N) is 1. The maximum atomic E-state index is 5.67. The predicted molar refractivity (Wildman–Crippen MR) is 80.9 cm³/mol. The third-order valence-corrected chi connectivity index (χ3v) is 3.94. The number of nitrogens with zero attached hydrogens (tertiary/aromatic N) is 1. The molecule has 3 nitrogen and oxygen atoms in total. The molecule has 106 valence electrons. The van der Waals surface area contributed by atoms with E-state index in [4.69, 9.17) is 4.74 Å². The van der Waals surface area contributed by atoms with Gasteiger partial charge in [-0.25, -0.2) is 0 Å². The fourth-order valence-corrected chi connectivity index (χ4v) is 2.84. The lowest BCUT2D eigenvalue weighted by molar-refractivity contribution is 0.197. The average Bonchev–Trinajstić information content (AvgIpc) is 2.41. The Morgan fingerprint density at radius 1 is 1.42 bits per heavy atom. The van der Waals surface area contributed by atoms with Crippen LogP contribution >= 0.6 is 0 Å². The van der Waals surface area contributed by atoms with E-state index in [2.05, 4.69) is 36.3 Å². The molecular formula is C16H26N2O. The lowest BCUT2D eigenvalue weighted by Crippen LogP contribution is -2.39. The van der Waals surface area contributed by atoms with Crippen molar-refractivity contribution in [1.29, 1.82) is 0 Å². The second kappa shape index (κ2) is 6.80. The zero-order chi connectivity index (χ0) is 13.7. The number of likely N-dealkylation sites (tertiary alicyclic amines) is 1. The summed E-state index contributed by atoms with van der Waals surface area (Å²) in [5.74, 6) is 1.68. The molecule has 0 spiro atoms. The van der Waals surface area contributed by atoms with Crippen LogP contribution in [-0.4, -0.2) is 37.7 Å². The second-order valence-electron chi connectivity index (χ2n) is 5.53. The predicted octanol–water partition coefficient (Wildman–Crippen LogP) is 3.23. The van der Waals surface area contributed by atoms with Crippen molar-refractivity contribution in [3.8, 4) is 5.75 Å². The number of hydrogen-bond donors (Lipinski definition) is 1. The van der Waals surface area contributed by atoms with Gasteiger partial charge in [-0.05, 0) is 58.3 Å². The van der Waals surface area contributed by atoms with Gasteiger partial charge in [-0.1, -0.05) is 12.1 Å². The first-order chi connectivity index (χ1) is 9.20. The first kappa shape index (κ1) is 14.2. The Kier molecular flexibility index (Phi) is 5.08. The zero-order valence-electron chi connectivity index (χ0n) is 12.4. The van der Waals surface area contributed by atoms with E-state index in [1.54, 1.807) is 0 Å². The second-order valence-corrected chi connectivity index (χ2v) is 5.53. The first-order valence-corrected chi connectivity index (χ1v) is 7.37. The van der Waals surface area contributed by atoms with Crippen LogP contribution in [-0.2, 0) is 0 Å². The number of ether oxygens (including phenoxy) is 1. The monoisotopic (exact) mass is 262 g/mol. The van der Waals surface area contributed by atoms with Gasteiger partial charge in [0.05, 0.1) is 12.3 Å². The Labute approximate surface area is 116 Å². The van der Waals surface area contributed by atoms with E-state index >= 15 is 0 Å². The van der Waals surface area contributed by atoms with Crippen molar-refractivity contribution in [2.45, 2.75) is 32.7 Å². The molecule has 2 unspecified atom stereocenters. The molecule has 0 radical (unpaired) electrons. The number of piperidine rings is 1. The molecule has 0 saturated carbocycles. The highest BCUT2D eigenvalue weighted by Crippen LogP contribution is 2.27. The van der Waals surface area contributed by atoms with Gasteiger partial charge in [-0.3, -0.25) is 0 Å². The van der Waals surface area contributed by atoms with Gasteiger partial charge in [0.2, 0.25) is 0 Å². The van der Waals surface area contributed by atoms with E-state index in [9.17, 15) is 0 Å². The molecule has 1 N–H and O–H groups in total. The third kappa shape index (κ3) is 3.87. The van der Waals surface area contributed by atoms with Crippen LogP contribution in [0.5, 0.6) is 5.75 Å². The third-order valence-electron chi connectivity index (χ3n) is 3.94. The van der Waals surface area contributed by atoms with Gasteiger partial charge in [0.1, 0.15) is 5.75 Å². The van der Waals surface area contributed by atoms with Crippen molar-refractivity contribution >= 4 is 5.69 Å². The van der Waals surface area contributed by atoms with E-state index in [1.807, 2.05) is 19.1 Å². The molecule has 1 saturated heterocycles. The van der Waals surface area contributed by atoms with Gasteiger partial charge in [-0.15, -0.1) is 0 Å². The molecule has 1 aliphatic heterocycles. The fraction of sp³-hybridized carbons (Fsp3) is 0.625. The highest BCUT2D eigenvalue weighted by molar-refractivity contribution is 5.56. The molecule has 3 heteroatoms.